The molecule has 0 N–H and O–H groups in total. The van der Waals surface area contributed by atoms with Crippen LogP contribution in [0.3, 0.4) is 0 Å². The molecule has 0 saturated carbocycles. The first-order chi connectivity index (χ1) is 12.5. The molecule has 3 aromatic rings. The highest BCUT2D eigenvalue weighted by atomic mass is 35.5. The molecular formula is C20H20ClN3O2. The van der Waals surface area contributed by atoms with Crippen LogP contribution in [-0.4, -0.2) is 27.6 Å². The van der Waals surface area contributed by atoms with E-state index in [1.54, 1.807) is 28.8 Å². The van der Waals surface area contributed by atoms with Crippen molar-refractivity contribution in [3.8, 4) is 5.75 Å². The summed E-state index contributed by atoms with van der Waals surface area (Å²) in [7, 11) is 3.63. The number of rotatable bonds is 6. The number of amides is 1. The minimum atomic E-state index is -0.0436. The largest absolute Gasteiger partial charge is 0.489 e. The Balaban J connectivity index is 1.58. The molecule has 5 nitrogen and oxygen atoms in total. The second-order valence-electron chi connectivity index (χ2n) is 6.08. The summed E-state index contributed by atoms with van der Waals surface area (Å²) in [6, 6.07) is 16.6. The first-order valence-corrected chi connectivity index (χ1v) is 8.60. The smallest absolute Gasteiger partial charge is 0.253 e. The normalized spacial score (nSPS) is 10.6. The lowest BCUT2D eigenvalue weighted by Crippen LogP contribution is -2.26. The predicted molar refractivity (Wildman–Crippen MR) is 101 cm³/mol. The fourth-order valence-electron chi connectivity index (χ4n) is 2.55. The van der Waals surface area contributed by atoms with Crippen molar-refractivity contribution >= 4 is 17.5 Å². The zero-order valence-electron chi connectivity index (χ0n) is 14.7. The third-order valence-electron chi connectivity index (χ3n) is 3.92. The van der Waals surface area contributed by atoms with Crippen LogP contribution in [0.25, 0.3) is 0 Å². The number of halogens is 1. The molecule has 0 spiro atoms. The molecule has 6 heteroatoms. The van der Waals surface area contributed by atoms with Gasteiger partial charge in [0, 0.05) is 30.9 Å². The highest BCUT2D eigenvalue weighted by Crippen LogP contribution is 2.18. The Morgan fingerprint density at radius 1 is 1.19 bits per heavy atom. The molecule has 0 unspecified atom stereocenters. The van der Waals surface area contributed by atoms with Crippen molar-refractivity contribution in [2.24, 2.45) is 7.05 Å². The van der Waals surface area contributed by atoms with E-state index >= 15 is 0 Å². The number of carbonyl (C=O) groups is 1. The van der Waals surface area contributed by atoms with Gasteiger partial charge in [0.05, 0.1) is 12.2 Å². The van der Waals surface area contributed by atoms with Crippen molar-refractivity contribution < 1.29 is 9.53 Å². The van der Waals surface area contributed by atoms with E-state index in [-0.39, 0.29) is 5.91 Å². The standard InChI is InChI=1S/C20H20ClN3O2/c1-23(13-18-10-11-24(2)22-18)20(25)16-8-6-15(7-9-16)14-26-19-5-3-4-17(21)12-19/h3-12H,13-14H2,1-2H3. The Labute approximate surface area is 157 Å². The molecule has 0 saturated heterocycles. The monoisotopic (exact) mass is 369 g/mol. The summed E-state index contributed by atoms with van der Waals surface area (Å²) in [6.45, 7) is 0.887. The highest BCUT2D eigenvalue weighted by Gasteiger charge is 2.13. The van der Waals surface area contributed by atoms with Crippen molar-refractivity contribution in [2.75, 3.05) is 7.05 Å². The zero-order chi connectivity index (χ0) is 18.5. The zero-order valence-corrected chi connectivity index (χ0v) is 15.5. The van der Waals surface area contributed by atoms with E-state index in [9.17, 15) is 4.79 Å². The minimum Gasteiger partial charge on any atom is -0.489 e. The first-order valence-electron chi connectivity index (χ1n) is 8.22. The van der Waals surface area contributed by atoms with Crippen LogP contribution >= 0.6 is 11.6 Å². The average molecular weight is 370 g/mol. The van der Waals surface area contributed by atoms with Crippen molar-refractivity contribution in [2.45, 2.75) is 13.2 Å². The molecule has 0 fully saturated rings. The van der Waals surface area contributed by atoms with E-state index in [0.717, 1.165) is 11.3 Å². The van der Waals surface area contributed by atoms with E-state index in [0.29, 0.717) is 29.5 Å². The number of hydrogen-bond acceptors (Lipinski definition) is 3. The number of aromatic nitrogens is 2. The third-order valence-corrected chi connectivity index (χ3v) is 4.15. The number of ether oxygens (including phenoxy) is 1. The maximum Gasteiger partial charge on any atom is 0.253 e. The van der Waals surface area contributed by atoms with Gasteiger partial charge in [0.2, 0.25) is 0 Å². The Bertz CT molecular complexity index is 890. The molecule has 134 valence electrons. The van der Waals surface area contributed by atoms with E-state index in [1.165, 1.54) is 0 Å². The van der Waals surface area contributed by atoms with Crippen LogP contribution in [-0.2, 0) is 20.2 Å². The van der Waals surface area contributed by atoms with E-state index in [4.69, 9.17) is 16.3 Å². The van der Waals surface area contributed by atoms with Gasteiger partial charge in [0.1, 0.15) is 12.4 Å². The number of carbonyl (C=O) groups excluding carboxylic acids is 1. The fraction of sp³-hybridized carbons (Fsp3) is 0.200. The van der Waals surface area contributed by atoms with Crippen molar-refractivity contribution in [3.05, 3.63) is 82.6 Å². The van der Waals surface area contributed by atoms with Crippen LogP contribution in [0.4, 0.5) is 0 Å². The summed E-state index contributed by atoms with van der Waals surface area (Å²) < 4.78 is 7.44. The molecule has 1 amide bonds. The summed E-state index contributed by atoms with van der Waals surface area (Å²) in [5, 5.41) is 4.94. The van der Waals surface area contributed by atoms with Crippen LogP contribution in [0.2, 0.25) is 5.02 Å². The van der Waals surface area contributed by atoms with Crippen LogP contribution < -0.4 is 4.74 Å². The molecule has 2 aromatic carbocycles. The SMILES string of the molecule is CN(Cc1ccn(C)n1)C(=O)c1ccc(COc2cccc(Cl)c2)cc1. The summed E-state index contributed by atoms with van der Waals surface area (Å²) in [5.74, 6) is 0.672. The fourth-order valence-corrected chi connectivity index (χ4v) is 2.73. The quantitative estimate of drug-likeness (QED) is 0.661. The molecule has 0 aliphatic carbocycles. The van der Waals surface area contributed by atoms with Gasteiger partial charge < -0.3 is 9.64 Å². The highest BCUT2D eigenvalue weighted by molar-refractivity contribution is 6.30. The molecule has 0 aliphatic heterocycles. The maximum absolute atomic E-state index is 12.5. The van der Waals surface area contributed by atoms with Crippen molar-refractivity contribution in [3.63, 3.8) is 0 Å². The predicted octanol–water partition coefficient (Wildman–Crippen LogP) is 3.92. The number of aryl methyl sites for hydroxylation is 1. The maximum atomic E-state index is 12.5. The Morgan fingerprint density at radius 3 is 2.62 bits per heavy atom. The van der Waals surface area contributed by atoms with Gasteiger partial charge in [-0.25, -0.2) is 0 Å². The number of nitrogens with zero attached hydrogens (tertiary/aromatic N) is 3. The molecular weight excluding hydrogens is 350 g/mol. The van der Waals surface area contributed by atoms with Gasteiger partial charge in [0.15, 0.2) is 0 Å². The van der Waals surface area contributed by atoms with Gasteiger partial charge in [0.25, 0.3) is 5.91 Å². The Morgan fingerprint density at radius 2 is 1.96 bits per heavy atom. The van der Waals surface area contributed by atoms with Gasteiger partial charge in [-0.3, -0.25) is 9.48 Å². The van der Waals surface area contributed by atoms with E-state index in [2.05, 4.69) is 5.10 Å². The second kappa shape index (κ2) is 8.06. The first kappa shape index (κ1) is 18.0. The summed E-state index contributed by atoms with van der Waals surface area (Å²) in [5.41, 5.74) is 2.47. The van der Waals surface area contributed by atoms with Crippen LogP contribution in [0.5, 0.6) is 5.75 Å². The number of benzene rings is 2. The molecule has 3 rings (SSSR count). The molecule has 0 radical (unpaired) electrons. The Hall–Kier alpha value is -2.79. The molecule has 0 atom stereocenters. The topological polar surface area (TPSA) is 47.4 Å². The van der Waals surface area contributed by atoms with E-state index < -0.39 is 0 Å². The summed E-state index contributed by atoms with van der Waals surface area (Å²) in [4.78, 5) is 14.2. The molecule has 0 aliphatic rings. The lowest BCUT2D eigenvalue weighted by atomic mass is 10.1. The van der Waals surface area contributed by atoms with Crippen LogP contribution in [0, 0.1) is 0 Å². The van der Waals surface area contributed by atoms with Crippen LogP contribution in [0.1, 0.15) is 21.6 Å². The third kappa shape index (κ3) is 4.64. The molecule has 0 bridgehead atoms. The summed E-state index contributed by atoms with van der Waals surface area (Å²) in [6.07, 6.45) is 1.86. The van der Waals surface area contributed by atoms with Gasteiger partial charge >= 0.3 is 0 Å². The minimum absolute atomic E-state index is 0.0436. The van der Waals surface area contributed by atoms with Crippen LogP contribution in [0.15, 0.2) is 60.8 Å². The second-order valence-corrected chi connectivity index (χ2v) is 6.52. The lowest BCUT2D eigenvalue weighted by Gasteiger charge is -2.16. The van der Waals surface area contributed by atoms with Gasteiger partial charge in [-0.05, 0) is 42.0 Å². The average Bonchev–Trinajstić information content (AvgIpc) is 3.04. The molecule has 1 heterocycles. The van der Waals surface area contributed by atoms with Crippen molar-refractivity contribution in [1.29, 1.82) is 0 Å². The van der Waals surface area contributed by atoms with Gasteiger partial charge in [-0.15, -0.1) is 0 Å². The van der Waals surface area contributed by atoms with E-state index in [1.807, 2.05) is 55.7 Å². The van der Waals surface area contributed by atoms with Gasteiger partial charge in [-0.2, -0.15) is 5.10 Å². The Kier molecular flexibility index (Phi) is 5.58. The van der Waals surface area contributed by atoms with Crippen molar-refractivity contribution in [1.82, 2.24) is 14.7 Å². The summed E-state index contributed by atoms with van der Waals surface area (Å²) >= 11 is 5.94. The number of hydrogen-bond donors (Lipinski definition) is 0. The lowest BCUT2D eigenvalue weighted by molar-refractivity contribution is 0.0783. The molecule has 1 aromatic heterocycles. The molecule has 26 heavy (non-hydrogen) atoms. The van der Waals surface area contributed by atoms with Gasteiger partial charge in [-0.1, -0.05) is 29.8 Å².